The molecule has 1 fully saturated rings. The summed E-state index contributed by atoms with van der Waals surface area (Å²) in [5.74, 6) is -0.892. The maximum Gasteiger partial charge on any atom is 0.258 e. The fourth-order valence-corrected chi connectivity index (χ4v) is 4.51. The maximum atomic E-state index is 11.9. The summed E-state index contributed by atoms with van der Waals surface area (Å²) in [6, 6.07) is 6.33. The molecule has 0 radical (unpaired) electrons. The quantitative estimate of drug-likeness (QED) is 0.781. The lowest BCUT2D eigenvalue weighted by atomic mass is 10.0. The van der Waals surface area contributed by atoms with Gasteiger partial charge >= 0.3 is 0 Å². The van der Waals surface area contributed by atoms with E-state index in [9.17, 15) is 18.0 Å². The molecule has 7 nitrogen and oxygen atoms in total. The van der Waals surface area contributed by atoms with Gasteiger partial charge in [-0.15, -0.1) is 0 Å². The Morgan fingerprint density at radius 3 is 2.64 bits per heavy atom. The van der Waals surface area contributed by atoms with Gasteiger partial charge in [0.05, 0.1) is 22.6 Å². The first-order chi connectivity index (χ1) is 10.2. The first kappa shape index (κ1) is 16.3. The Kier molecular flexibility index (Phi) is 4.41. The fraction of sp³-hybridized carbons (Fsp3) is 0.429. The van der Waals surface area contributed by atoms with E-state index in [1.807, 2.05) is 0 Å². The summed E-state index contributed by atoms with van der Waals surface area (Å²) in [6.45, 7) is 1.37. The van der Waals surface area contributed by atoms with Crippen molar-refractivity contribution in [3.05, 3.63) is 29.8 Å². The number of nitrogens with one attached hydrogen (secondary N) is 1. The molecule has 8 heteroatoms. The van der Waals surface area contributed by atoms with Crippen molar-refractivity contribution >= 4 is 21.7 Å². The van der Waals surface area contributed by atoms with Crippen molar-refractivity contribution in [2.24, 2.45) is 5.73 Å². The number of carbonyl (C=O) groups is 2. The zero-order valence-electron chi connectivity index (χ0n) is 12.2. The van der Waals surface area contributed by atoms with Crippen LogP contribution in [0.2, 0.25) is 0 Å². The van der Waals surface area contributed by atoms with E-state index >= 15 is 0 Å². The van der Waals surface area contributed by atoms with Gasteiger partial charge in [-0.3, -0.25) is 9.59 Å². The molecule has 22 heavy (non-hydrogen) atoms. The number of ether oxygens (including phenoxy) is 1. The molecule has 0 spiro atoms. The smallest absolute Gasteiger partial charge is 0.258 e. The van der Waals surface area contributed by atoms with Crippen molar-refractivity contribution < 1.29 is 22.7 Å². The summed E-state index contributed by atoms with van der Waals surface area (Å²) >= 11 is 0. The minimum absolute atomic E-state index is 0.0646. The van der Waals surface area contributed by atoms with Crippen LogP contribution in [0.1, 0.15) is 23.7 Å². The Morgan fingerprint density at radius 2 is 2.05 bits per heavy atom. The molecule has 3 N–H and O–H groups in total. The third-order valence-electron chi connectivity index (χ3n) is 3.46. The van der Waals surface area contributed by atoms with Crippen LogP contribution in [0.3, 0.4) is 0 Å². The highest BCUT2D eigenvalue weighted by atomic mass is 32.2. The van der Waals surface area contributed by atoms with E-state index in [1.54, 1.807) is 19.1 Å². The number of benzene rings is 1. The number of nitrogens with two attached hydrogens (primary N) is 1. The van der Waals surface area contributed by atoms with E-state index in [2.05, 4.69) is 5.32 Å². The molecule has 120 valence electrons. The molecular formula is C14H18N2O5S. The van der Waals surface area contributed by atoms with Crippen LogP contribution in [0.4, 0.5) is 0 Å². The van der Waals surface area contributed by atoms with Gasteiger partial charge in [-0.2, -0.15) is 0 Å². The molecule has 2 amide bonds. The highest BCUT2D eigenvalue weighted by molar-refractivity contribution is 7.91. The van der Waals surface area contributed by atoms with Crippen LogP contribution in [0.15, 0.2) is 24.3 Å². The number of carbonyl (C=O) groups excluding carboxylic acids is 2. The zero-order chi connectivity index (χ0) is 16.4. The van der Waals surface area contributed by atoms with Gasteiger partial charge in [0, 0.05) is 0 Å². The van der Waals surface area contributed by atoms with Gasteiger partial charge < -0.3 is 15.8 Å². The molecule has 0 aromatic heterocycles. The van der Waals surface area contributed by atoms with Gasteiger partial charge in [0.1, 0.15) is 5.75 Å². The van der Waals surface area contributed by atoms with Crippen LogP contribution < -0.4 is 15.8 Å². The first-order valence-corrected chi connectivity index (χ1v) is 8.56. The normalized spacial score (nSPS) is 23.0. The highest BCUT2D eigenvalue weighted by Gasteiger charge is 2.39. The second-order valence-corrected chi connectivity index (χ2v) is 7.78. The minimum atomic E-state index is -3.10. The highest BCUT2D eigenvalue weighted by Crippen LogP contribution is 2.23. The van der Waals surface area contributed by atoms with E-state index in [4.69, 9.17) is 10.5 Å². The standard InChI is InChI=1S/C14H18N2O5S/c1-14(6-7-22(19,20)9-14)16-12(17)8-21-11-5-3-2-4-10(11)13(15)18/h2-5H,6-9H2,1H3,(H2,15,18)(H,16,17)/t14-/m1/s1. The lowest BCUT2D eigenvalue weighted by molar-refractivity contribution is -0.124. The summed E-state index contributed by atoms with van der Waals surface area (Å²) < 4.78 is 28.3. The predicted molar refractivity (Wildman–Crippen MR) is 80.3 cm³/mol. The molecule has 0 aliphatic carbocycles. The van der Waals surface area contributed by atoms with Crippen LogP contribution in [0.5, 0.6) is 5.75 Å². The molecule has 1 aromatic carbocycles. The Bertz CT molecular complexity index is 701. The number of hydrogen-bond donors (Lipinski definition) is 2. The van der Waals surface area contributed by atoms with Crippen LogP contribution in [0, 0.1) is 0 Å². The average Bonchev–Trinajstić information content (AvgIpc) is 2.70. The Labute approximate surface area is 128 Å². The molecule has 1 aliphatic heterocycles. The number of primary amides is 1. The minimum Gasteiger partial charge on any atom is -0.483 e. The van der Waals surface area contributed by atoms with Crippen molar-refractivity contribution in [1.82, 2.24) is 5.32 Å². The van der Waals surface area contributed by atoms with Gasteiger partial charge in [-0.1, -0.05) is 12.1 Å². The van der Waals surface area contributed by atoms with Gasteiger partial charge in [-0.25, -0.2) is 8.42 Å². The monoisotopic (exact) mass is 326 g/mol. The molecule has 2 rings (SSSR count). The number of hydrogen-bond acceptors (Lipinski definition) is 5. The lowest BCUT2D eigenvalue weighted by Crippen LogP contribution is -2.48. The summed E-state index contributed by atoms with van der Waals surface area (Å²) in [5.41, 5.74) is 4.63. The SMILES string of the molecule is C[C@@]1(NC(=O)COc2ccccc2C(N)=O)CCS(=O)(=O)C1. The molecular weight excluding hydrogens is 308 g/mol. The van der Waals surface area contributed by atoms with Crippen molar-refractivity contribution in [3.8, 4) is 5.75 Å². The summed E-state index contributed by atoms with van der Waals surface area (Å²) in [4.78, 5) is 23.2. The molecule has 1 heterocycles. The van der Waals surface area contributed by atoms with E-state index in [0.29, 0.717) is 6.42 Å². The van der Waals surface area contributed by atoms with E-state index < -0.39 is 27.2 Å². The second kappa shape index (κ2) is 5.96. The summed E-state index contributed by atoms with van der Waals surface area (Å²) in [7, 11) is -3.10. The number of para-hydroxylation sites is 1. The van der Waals surface area contributed by atoms with Crippen molar-refractivity contribution in [3.63, 3.8) is 0 Å². The van der Waals surface area contributed by atoms with Crippen molar-refractivity contribution in [1.29, 1.82) is 0 Å². The molecule has 0 saturated carbocycles. The summed E-state index contributed by atoms with van der Waals surface area (Å²) in [6.07, 6.45) is 0.374. The lowest BCUT2D eigenvalue weighted by Gasteiger charge is -2.23. The van der Waals surface area contributed by atoms with E-state index in [1.165, 1.54) is 12.1 Å². The van der Waals surface area contributed by atoms with Crippen LogP contribution in [-0.4, -0.2) is 43.9 Å². The predicted octanol–water partition coefficient (Wildman–Crippen LogP) is -0.142. The molecule has 1 aliphatic rings. The Morgan fingerprint density at radius 1 is 1.36 bits per heavy atom. The molecule has 0 bridgehead atoms. The number of amides is 2. The van der Waals surface area contributed by atoms with Gasteiger partial charge in [0.15, 0.2) is 16.4 Å². The molecule has 0 unspecified atom stereocenters. The number of rotatable bonds is 5. The second-order valence-electron chi connectivity index (χ2n) is 5.60. The van der Waals surface area contributed by atoms with Crippen LogP contribution in [-0.2, 0) is 14.6 Å². The third kappa shape index (κ3) is 3.97. The zero-order valence-corrected chi connectivity index (χ0v) is 13.0. The van der Waals surface area contributed by atoms with Crippen LogP contribution >= 0.6 is 0 Å². The van der Waals surface area contributed by atoms with Crippen molar-refractivity contribution in [2.75, 3.05) is 18.1 Å². The Hall–Kier alpha value is -2.09. The van der Waals surface area contributed by atoms with Gasteiger partial charge in [-0.05, 0) is 25.5 Å². The van der Waals surface area contributed by atoms with Crippen LogP contribution in [0.25, 0.3) is 0 Å². The largest absolute Gasteiger partial charge is 0.483 e. The van der Waals surface area contributed by atoms with Gasteiger partial charge in [0.25, 0.3) is 11.8 Å². The maximum absolute atomic E-state index is 11.9. The molecule has 1 saturated heterocycles. The molecule has 1 atom stereocenters. The van der Waals surface area contributed by atoms with E-state index in [0.717, 1.165) is 0 Å². The average molecular weight is 326 g/mol. The topological polar surface area (TPSA) is 116 Å². The van der Waals surface area contributed by atoms with E-state index in [-0.39, 0.29) is 29.4 Å². The van der Waals surface area contributed by atoms with Crippen molar-refractivity contribution in [2.45, 2.75) is 18.9 Å². The summed E-state index contributed by atoms with van der Waals surface area (Å²) in [5, 5.41) is 2.67. The third-order valence-corrected chi connectivity index (χ3v) is 5.36. The molecule has 1 aromatic rings. The first-order valence-electron chi connectivity index (χ1n) is 6.74. The fourth-order valence-electron chi connectivity index (χ4n) is 2.42. The van der Waals surface area contributed by atoms with Gasteiger partial charge in [0.2, 0.25) is 0 Å². The number of sulfone groups is 1. The Balaban J connectivity index is 1.96.